The first-order chi connectivity index (χ1) is 8.62. The number of nitrogens with zero attached hydrogens (tertiary/aromatic N) is 1. The van der Waals surface area contributed by atoms with Crippen LogP contribution < -0.4 is 4.72 Å². The van der Waals surface area contributed by atoms with Crippen LogP contribution in [-0.4, -0.2) is 18.6 Å². The molecule has 5 nitrogen and oxygen atoms in total. The maximum Gasteiger partial charge on any atom is 0.257 e. The predicted octanol–water partition coefficient (Wildman–Crippen LogP) is 1.78. The Balaban J connectivity index is 2.03. The zero-order valence-electron chi connectivity index (χ0n) is 9.43. The van der Waals surface area contributed by atoms with Crippen molar-refractivity contribution in [2.75, 3.05) is 0 Å². The summed E-state index contributed by atoms with van der Waals surface area (Å²) in [7, 11) is -3.51. The fourth-order valence-corrected chi connectivity index (χ4v) is 2.69. The summed E-state index contributed by atoms with van der Waals surface area (Å²) in [6.45, 7) is 0.254. The standard InChI is InChI=1S/C11H12BrN3O2S/c12-7-9-1-3-10(4-2-9)8-14-18(16,17)11-5-6-13-15-11/h1-6,14H,7-8H2,(H,13,15). The summed E-state index contributed by atoms with van der Waals surface area (Å²) in [4.78, 5) is 0. The molecule has 0 spiro atoms. The molecule has 0 bridgehead atoms. The first kappa shape index (κ1) is 13.3. The number of benzene rings is 1. The van der Waals surface area contributed by atoms with Crippen molar-refractivity contribution in [2.45, 2.75) is 16.9 Å². The highest BCUT2D eigenvalue weighted by Gasteiger charge is 2.14. The van der Waals surface area contributed by atoms with Crippen LogP contribution in [0.2, 0.25) is 0 Å². The highest BCUT2D eigenvalue weighted by atomic mass is 79.9. The quantitative estimate of drug-likeness (QED) is 0.821. The average molecular weight is 330 g/mol. The number of hydrogen-bond donors (Lipinski definition) is 2. The number of alkyl halides is 1. The Morgan fingerprint density at radius 3 is 2.39 bits per heavy atom. The van der Waals surface area contributed by atoms with E-state index in [-0.39, 0.29) is 11.6 Å². The largest absolute Gasteiger partial charge is 0.266 e. The molecular weight excluding hydrogens is 318 g/mol. The molecule has 1 heterocycles. The molecule has 0 aliphatic rings. The Hall–Kier alpha value is -1.18. The molecular formula is C11H12BrN3O2S. The molecule has 18 heavy (non-hydrogen) atoms. The van der Waals surface area contributed by atoms with Gasteiger partial charge in [-0.25, -0.2) is 13.1 Å². The van der Waals surface area contributed by atoms with E-state index in [1.807, 2.05) is 24.3 Å². The molecule has 2 rings (SSSR count). The summed E-state index contributed by atoms with van der Waals surface area (Å²) < 4.78 is 26.1. The van der Waals surface area contributed by atoms with Crippen LogP contribution in [0, 0.1) is 0 Å². The van der Waals surface area contributed by atoms with Gasteiger partial charge in [0.2, 0.25) is 0 Å². The van der Waals surface area contributed by atoms with E-state index in [4.69, 9.17) is 0 Å². The molecule has 1 aromatic carbocycles. The van der Waals surface area contributed by atoms with Gasteiger partial charge < -0.3 is 0 Å². The second kappa shape index (κ2) is 5.64. The third kappa shape index (κ3) is 3.18. The van der Waals surface area contributed by atoms with E-state index < -0.39 is 10.0 Å². The molecule has 7 heteroatoms. The number of rotatable bonds is 5. The van der Waals surface area contributed by atoms with E-state index in [1.54, 1.807) is 0 Å². The molecule has 0 fully saturated rings. The van der Waals surface area contributed by atoms with Crippen LogP contribution in [0.1, 0.15) is 11.1 Å². The first-order valence-electron chi connectivity index (χ1n) is 5.24. The summed E-state index contributed by atoms with van der Waals surface area (Å²) in [5, 5.41) is 6.90. The average Bonchev–Trinajstić information content (AvgIpc) is 2.92. The number of aromatic nitrogens is 2. The van der Waals surface area contributed by atoms with Crippen molar-refractivity contribution in [1.82, 2.24) is 14.9 Å². The SMILES string of the molecule is O=S(=O)(NCc1ccc(CBr)cc1)c1ccn[nH]1. The number of H-pyrrole nitrogens is 1. The first-order valence-corrected chi connectivity index (χ1v) is 7.85. The van der Waals surface area contributed by atoms with Gasteiger partial charge in [0.15, 0.2) is 5.03 Å². The van der Waals surface area contributed by atoms with E-state index in [0.29, 0.717) is 0 Å². The van der Waals surface area contributed by atoms with Crippen molar-refractivity contribution in [3.05, 3.63) is 47.7 Å². The van der Waals surface area contributed by atoms with Gasteiger partial charge in [0.05, 0.1) is 6.20 Å². The molecule has 2 N–H and O–H groups in total. The Morgan fingerprint density at radius 1 is 1.17 bits per heavy atom. The summed E-state index contributed by atoms with van der Waals surface area (Å²) in [5.41, 5.74) is 2.05. The third-order valence-electron chi connectivity index (χ3n) is 2.41. The van der Waals surface area contributed by atoms with Crippen LogP contribution in [0.4, 0.5) is 0 Å². The van der Waals surface area contributed by atoms with Crippen molar-refractivity contribution in [3.63, 3.8) is 0 Å². The molecule has 96 valence electrons. The lowest BCUT2D eigenvalue weighted by atomic mass is 10.2. The summed E-state index contributed by atoms with van der Waals surface area (Å²) in [6, 6.07) is 9.11. The predicted molar refractivity (Wildman–Crippen MR) is 71.7 cm³/mol. The van der Waals surface area contributed by atoms with Gasteiger partial charge in [0.1, 0.15) is 0 Å². The second-order valence-electron chi connectivity index (χ2n) is 3.70. The summed E-state index contributed by atoms with van der Waals surface area (Å²) >= 11 is 3.36. The van der Waals surface area contributed by atoms with E-state index in [0.717, 1.165) is 16.5 Å². The number of hydrogen-bond acceptors (Lipinski definition) is 3. The minimum atomic E-state index is -3.51. The minimum Gasteiger partial charge on any atom is -0.266 e. The van der Waals surface area contributed by atoms with Crippen LogP contribution in [0.25, 0.3) is 0 Å². The van der Waals surface area contributed by atoms with E-state index in [9.17, 15) is 8.42 Å². The number of aromatic amines is 1. The maximum atomic E-state index is 11.8. The molecule has 0 unspecified atom stereocenters. The van der Waals surface area contributed by atoms with Crippen molar-refractivity contribution in [3.8, 4) is 0 Å². The van der Waals surface area contributed by atoms with Gasteiger partial charge in [-0.3, -0.25) is 5.10 Å². The highest BCUT2D eigenvalue weighted by Crippen LogP contribution is 2.09. The van der Waals surface area contributed by atoms with Gasteiger partial charge in [-0.05, 0) is 17.2 Å². The van der Waals surface area contributed by atoms with Crippen LogP contribution >= 0.6 is 15.9 Å². The van der Waals surface area contributed by atoms with Gasteiger partial charge in [-0.15, -0.1) is 0 Å². The van der Waals surface area contributed by atoms with Crippen LogP contribution in [0.5, 0.6) is 0 Å². The smallest absolute Gasteiger partial charge is 0.257 e. The van der Waals surface area contributed by atoms with Gasteiger partial charge in [-0.2, -0.15) is 5.10 Å². The highest BCUT2D eigenvalue weighted by molar-refractivity contribution is 9.08. The molecule has 0 aliphatic heterocycles. The summed E-state index contributed by atoms with van der Waals surface area (Å²) in [6.07, 6.45) is 1.40. The normalized spacial score (nSPS) is 11.6. The Bertz CT molecular complexity index is 594. The van der Waals surface area contributed by atoms with E-state index in [1.165, 1.54) is 12.3 Å². The number of nitrogens with one attached hydrogen (secondary N) is 2. The van der Waals surface area contributed by atoms with Gasteiger partial charge in [0.25, 0.3) is 10.0 Å². The zero-order valence-corrected chi connectivity index (χ0v) is 11.8. The number of halogens is 1. The molecule has 0 atom stereocenters. The van der Waals surface area contributed by atoms with Gasteiger partial charge in [0, 0.05) is 11.9 Å². The Labute approximate surface area is 114 Å². The topological polar surface area (TPSA) is 74.8 Å². The molecule has 0 aliphatic carbocycles. The second-order valence-corrected chi connectivity index (χ2v) is 5.99. The molecule has 2 aromatic rings. The van der Waals surface area contributed by atoms with Crippen molar-refractivity contribution < 1.29 is 8.42 Å². The van der Waals surface area contributed by atoms with Crippen molar-refractivity contribution in [2.24, 2.45) is 0 Å². The van der Waals surface area contributed by atoms with Gasteiger partial charge >= 0.3 is 0 Å². The molecule has 0 radical (unpaired) electrons. The van der Waals surface area contributed by atoms with Gasteiger partial charge in [-0.1, -0.05) is 40.2 Å². The zero-order chi connectivity index (χ0) is 13.0. The number of sulfonamides is 1. The third-order valence-corrected chi connectivity index (χ3v) is 4.39. The minimum absolute atomic E-state index is 0.0691. The van der Waals surface area contributed by atoms with Crippen LogP contribution in [0.3, 0.4) is 0 Å². The lowest BCUT2D eigenvalue weighted by molar-refractivity contribution is 0.577. The molecule has 0 saturated carbocycles. The lowest BCUT2D eigenvalue weighted by Crippen LogP contribution is -2.23. The van der Waals surface area contributed by atoms with E-state index >= 15 is 0 Å². The maximum absolute atomic E-state index is 11.8. The molecule has 0 amide bonds. The van der Waals surface area contributed by atoms with Crippen molar-refractivity contribution in [1.29, 1.82) is 0 Å². The fraction of sp³-hybridized carbons (Fsp3) is 0.182. The van der Waals surface area contributed by atoms with E-state index in [2.05, 4.69) is 30.8 Å². The molecule has 1 aromatic heterocycles. The van der Waals surface area contributed by atoms with Crippen LogP contribution in [-0.2, 0) is 21.9 Å². The molecule has 0 saturated heterocycles. The Kier molecular flexibility index (Phi) is 4.15. The lowest BCUT2D eigenvalue weighted by Gasteiger charge is -2.05. The Morgan fingerprint density at radius 2 is 1.83 bits per heavy atom. The van der Waals surface area contributed by atoms with Crippen molar-refractivity contribution >= 4 is 26.0 Å². The monoisotopic (exact) mass is 329 g/mol. The summed E-state index contributed by atoms with van der Waals surface area (Å²) in [5.74, 6) is 0. The fourth-order valence-electron chi connectivity index (χ4n) is 1.40. The van der Waals surface area contributed by atoms with Crippen LogP contribution in [0.15, 0.2) is 41.6 Å².